The second kappa shape index (κ2) is 6.94. The molecule has 4 rings (SSSR count). The molecule has 1 saturated heterocycles. The molecule has 0 N–H and O–H groups in total. The van der Waals surface area contributed by atoms with Gasteiger partial charge in [-0.1, -0.05) is 37.3 Å². The minimum absolute atomic E-state index is 0.0372. The predicted octanol–water partition coefficient (Wildman–Crippen LogP) is 4.19. The highest BCUT2D eigenvalue weighted by Crippen LogP contribution is 2.42. The Morgan fingerprint density at radius 2 is 1.62 bits per heavy atom. The summed E-state index contributed by atoms with van der Waals surface area (Å²) in [6.45, 7) is 2.65. The van der Waals surface area contributed by atoms with Crippen LogP contribution in [0.3, 0.4) is 0 Å². The number of nitrogens with zero attached hydrogens (tertiary/aromatic N) is 1. The first-order valence-corrected chi connectivity index (χ1v) is 9.28. The average molecular weight is 349 g/mol. The molecular formula is C22H23NO3. The van der Waals surface area contributed by atoms with Gasteiger partial charge in [0.05, 0.1) is 17.5 Å². The normalized spacial score (nSPS) is 25.3. The van der Waals surface area contributed by atoms with Crippen molar-refractivity contribution >= 4 is 17.5 Å². The molecule has 134 valence electrons. The standard InChI is InChI=1S/C22H23NO3/c1-15-7-12-19-20(13-15)22(25)23(21(19)24)17-8-10-18(11-9-17)26-14-16-5-3-2-4-6-16/h2-6,8-11,15,19-20H,7,12-14H2,1H3/t15-,19-,20-/m1/s1. The van der Waals surface area contributed by atoms with E-state index in [-0.39, 0.29) is 23.7 Å². The van der Waals surface area contributed by atoms with Gasteiger partial charge < -0.3 is 4.74 Å². The molecule has 0 bridgehead atoms. The highest BCUT2D eigenvalue weighted by Gasteiger charge is 2.49. The van der Waals surface area contributed by atoms with Gasteiger partial charge in [0.15, 0.2) is 0 Å². The minimum atomic E-state index is -0.139. The number of imide groups is 1. The molecule has 3 atom stereocenters. The van der Waals surface area contributed by atoms with E-state index >= 15 is 0 Å². The van der Waals surface area contributed by atoms with Crippen molar-refractivity contribution in [3.8, 4) is 5.75 Å². The van der Waals surface area contributed by atoms with Crippen molar-refractivity contribution in [3.63, 3.8) is 0 Å². The Morgan fingerprint density at radius 3 is 2.35 bits per heavy atom. The SMILES string of the molecule is C[C@@H]1CC[C@H]2C(=O)N(c3ccc(OCc4ccccc4)cc3)C(=O)[C@@H]2C1. The van der Waals surface area contributed by atoms with Gasteiger partial charge in [0, 0.05) is 0 Å². The Hall–Kier alpha value is -2.62. The molecule has 1 saturated carbocycles. The molecule has 1 heterocycles. The van der Waals surface area contributed by atoms with Crippen LogP contribution in [0.15, 0.2) is 54.6 Å². The Morgan fingerprint density at radius 1 is 0.923 bits per heavy atom. The van der Waals surface area contributed by atoms with Gasteiger partial charge in [0.1, 0.15) is 12.4 Å². The first-order valence-electron chi connectivity index (χ1n) is 9.28. The zero-order valence-corrected chi connectivity index (χ0v) is 14.9. The fourth-order valence-corrected chi connectivity index (χ4v) is 4.08. The van der Waals surface area contributed by atoms with E-state index in [4.69, 9.17) is 4.74 Å². The summed E-state index contributed by atoms with van der Waals surface area (Å²) in [5.74, 6) is 0.895. The number of hydrogen-bond acceptors (Lipinski definition) is 3. The lowest BCUT2D eigenvalue weighted by Crippen LogP contribution is -2.30. The third-order valence-electron chi connectivity index (χ3n) is 5.53. The van der Waals surface area contributed by atoms with Crippen molar-refractivity contribution in [2.24, 2.45) is 17.8 Å². The van der Waals surface area contributed by atoms with Crippen LogP contribution in [0.25, 0.3) is 0 Å². The summed E-state index contributed by atoms with van der Waals surface area (Å²) in [6, 6.07) is 17.2. The number of carbonyl (C=O) groups excluding carboxylic acids is 2. The van der Waals surface area contributed by atoms with Crippen molar-refractivity contribution < 1.29 is 14.3 Å². The largest absolute Gasteiger partial charge is 0.489 e. The molecule has 1 aliphatic heterocycles. The molecular weight excluding hydrogens is 326 g/mol. The third-order valence-corrected chi connectivity index (χ3v) is 5.53. The first kappa shape index (κ1) is 16.8. The lowest BCUT2D eigenvalue weighted by atomic mass is 9.76. The molecule has 2 fully saturated rings. The van der Waals surface area contributed by atoms with Crippen LogP contribution in [0.4, 0.5) is 5.69 Å². The van der Waals surface area contributed by atoms with Crippen molar-refractivity contribution in [2.45, 2.75) is 32.8 Å². The Labute approximate surface area is 153 Å². The van der Waals surface area contributed by atoms with Gasteiger partial charge in [-0.2, -0.15) is 0 Å². The van der Waals surface area contributed by atoms with Crippen LogP contribution >= 0.6 is 0 Å². The lowest BCUT2D eigenvalue weighted by Gasteiger charge is -2.25. The summed E-state index contributed by atoms with van der Waals surface area (Å²) in [7, 11) is 0. The number of rotatable bonds is 4. The van der Waals surface area contributed by atoms with Crippen molar-refractivity contribution in [1.29, 1.82) is 0 Å². The van der Waals surface area contributed by atoms with Gasteiger partial charge in [0.2, 0.25) is 11.8 Å². The van der Waals surface area contributed by atoms with Gasteiger partial charge in [-0.3, -0.25) is 14.5 Å². The van der Waals surface area contributed by atoms with Gasteiger partial charge >= 0.3 is 0 Å². The molecule has 2 aromatic rings. The van der Waals surface area contributed by atoms with E-state index in [9.17, 15) is 9.59 Å². The van der Waals surface area contributed by atoms with Crippen LogP contribution in [0.5, 0.6) is 5.75 Å². The second-order valence-electron chi connectivity index (χ2n) is 7.41. The highest BCUT2D eigenvalue weighted by atomic mass is 16.5. The number of benzene rings is 2. The molecule has 0 aromatic heterocycles. The topological polar surface area (TPSA) is 46.6 Å². The Kier molecular flexibility index (Phi) is 4.49. The van der Waals surface area contributed by atoms with Gasteiger partial charge in [-0.15, -0.1) is 0 Å². The lowest BCUT2D eigenvalue weighted by molar-refractivity contribution is -0.122. The number of anilines is 1. The van der Waals surface area contributed by atoms with E-state index in [0.717, 1.165) is 30.6 Å². The van der Waals surface area contributed by atoms with E-state index < -0.39 is 0 Å². The fourth-order valence-electron chi connectivity index (χ4n) is 4.08. The molecule has 4 nitrogen and oxygen atoms in total. The summed E-state index contributed by atoms with van der Waals surface area (Å²) >= 11 is 0. The Balaban J connectivity index is 1.46. The predicted molar refractivity (Wildman–Crippen MR) is 99.7 cm³/mol. The number of hydrogen-bond donors (Lipinski definition) is 0. The number of carbonyl (C=O) groups is 2. The minimum Gasteiger partial charge on any atom is -0.489 e. The second-order valence-corrected chi connectivity index (χ2v) is 7.41. The summed E-state index contributed by atoms with van der Waals surface area (Å²) < 4.78 is 5.78. The van der Waals surface area contributed by atoms with E-state index in [1.54, 1.807) is 12.1 Å². The van der Waals surface area contributed by atoms with Crippen LogP contribution < -0.4 is 9.64 Å². The number of ether oxygens (including phenoxy) is 1. The zero-order chi connectivity index (χ0) is 18.1. The fraction of sp³-hybridized carbons (Fsp3) is 0.364. The third kappa shape index (κ3) is 3.12. The van der Waals surface area contributed by atoms with Gasteiger partial charge in [0.25, 0.3) is 0 Å². The summed E-state index contributed by atoms with van der Waals surface area (Å²) in [5, 5.41) is 0. The highest BCUT2D eigenvalue weighted by molar-refractivity contribution is 6.22. The molecule has 1 aliphatic carbocycles. The smallest absolute Gasteiger partial charge is 0.237 e. The summed E-state index contributed by atoms with van der Waals surface area (Å²) in [4.78, 5) is 26.9. The van der Waals surface area contributed by atoms with Crippen molar-refractivity contribution in [3.05, 3.63) is 60.2 Å². The van der Waals surface area contributed by atoms with Gasteiger partial charge in [-0.05, 0) is 55.0 Å². The molecule has 2 amide bonds. The van der Waals surface area contributed by atoms with E-state index in [2.05, 4.69) is 6.92 Å². The van der Waals surface area contributed by atoms with Crippen LogP contribution in [0, 0.1) is 17.8 Å². The van der Waals surface area contributed by atoms with Crippen LogP contribution in [-0.4, -0.2) is 11.8 Å². The maximum absolute atomic E-state index is 12.8. The molecule has 2 aliphatic rings. The average Bonchev–Trinajstić information content (AvgIpc) is 2.91. The van der Waals surface area contributed by atoms with Crippen LogP contribution in [0.1, 0.15) is 31.7 Å². The summed E-state index contributed by atoms with van der Waals surface area (Å²) in [6.07, 6.45) is 2.68. The number of amides is 2. The van der Waals surface area contributed by atoms with E-state index in [0.29, 0.717) is 18.2 Å². The molecule has 4 heteroatoms. The van der Waals surface area contributed by atoms with E-state index in [1.165, 1.54) is 4.90 Å². The molecule has 0 radical (unpaired) electrons. The summed E-state index contributed by atoms with van der Waals surface area (Å²) in [5.41, 5.74) is 1.74. The quantitative estimate of drug-likeness (QED) is 0.778. The van der Waals surface area contributed by atoms with Crippen LogP contribution in [0.2, 0.25) is 0 Å². The zero-order valence-electron chi connectivity index (χ0n) is 14.9. The first-order chi connectivity index (χ1) is 12.6. The number of fused-ring (bicyclic) bond motifs is 1. The maximum atomic E-state index is 12.8. The van der Waals surface area contributed by atoms with Gasteiger partial charge in [-0.25, -0.2) is 0 Å². The van der Waals surface area contributed by atoms with E-state index in [1.807, 2.05) is 42.5 Å². The van der Waals surface area contributed by atoms with Crippen molar-refractivity contribution in [2.75, 3.05) is 4.90 Å². The molecule has 0 unspecified atom stereocenters. The molecule has 0 spiro atoms. The monoisotopic (exact) mass is 349 g/mol. The molecule has 26 heavy (non-hydrogen) atoms. The maximum Gasteiger partial charge on any atom is 0.237 e. The molecule has 2 aromatic carbocycles. The van der Waals surface area contributed by atoms with Crippen LogP contribution in [-0.2, 0) is 16.2 Å². The Bertz CT molecular complexity index is 800. The van der Waals surface area contributed by atoms with Crippen molar-refractivity contribution in [1.82, 2.24) is 0 Å².